The fraction of sp³-hybridized carbons (Fsp3) is 0.300. The average molecular weight is 290 g/mol. The molecule has 18 heavy (non-hydrogen) atoms. The SMILES string of the molecule is CN(C)S(=O)(=O)NCc1ccc(C=CC(=O)O)s1. The summed E-state index contributed by atoms with van der Waals surface area (Å²) in [4.78, 5) is 11.9. The number of carbonyl (C=O) groups is 1. The van der Waals surface area contributed by atoms with E-state index < -0.39 is 16.2 Å². The Labute approximate surface area is 110 Å². The van der Waals surface area contributed by atoms with Crippen LogP contribution in [0.3, 0.4) is 0 Å². The van der Waals surface area contributed by atoms with Gasteiger partial charge in [-0.1, -0.05) is 0 Å². The van der Waals surface area contributed by atoms with Crippen molar-refractivity contribution in [3.05, 3.63) is 28.0 Å². The van der Waals surface area contributed by atoms with Crippen LogP contribution in [0.15, 0.2) is 18.2 Å². The minimum absolute atomic E-state index is 0.187. The number of rotatable bonds is 6. The third-order valence-corrected chi connectivity index (χ3v) is 4.50. The summed E-state index contributed by atoms with van der Waals surface area (Å²) in [5.41, 5.74) is 0. The largest absolute Gasteiger partial charge is 0.478 e. The summed E-state index contributed by atoms with van der Waals surface area (Å²) in [7, 11) is -0.550. The van der Waals surface area contributed by atoms with Gasteiger partial charge in [0.2, 0.25) is 0 Å². The maximum atomic E-state index is 11.5. The van der Waals surface area contributed by atoms with Crippen molar-refractivity contribution in [2.75, 3.05) is 14.1 Å². The van der Waals surface area contributed by atoms with E-state index in [1.165, 1.54) is 31.5 Å². The third kappa shape index (κ3) is 4.57. The molecule has 0 radical (unpaired) electrons. The first-order chi connectivity index (χ1) is 8.31. The first kappa shape index (κ1) is 14.8. The number of carboxylic acid groups (broad SMARTS) is 1. The molecule has 6 nitrogen and oxygen atoms in total. The van der Waals surface area contributed by atoms with Crippen LogP contribution in [0.5, 0.6) is 0 Å². The van der Waals surface area contributed by atoms with Crippen molar-refractivity contribution in [1.29, 1.82) is 0 Å². The first-order valence-electron chi connectivity index (χ1n) is 4.98. The zero-order valence-electron chi connectivity index (χ0n) is 9.95. The number of aliphatic carboxylic acids is 1. The highest BCUT2D eigenvalue weighted by atomic mass is 32.2. The fourth-order valence-electron chi connectivity index (χ4n) is 1.02. The van der Waals surface area contributed by atoms with Crippen LogP contribution in [0.25, 0.3) is 6.08 Å². The van der Waals surface area contributed by atoms with Gasteiger partial charge in [-0.25, -0.2) is 4.79 Å². The molecule has 0 unspecified atom stereocenters. The lowest BCUT2D eigenvalue weighted by Crippen LogP contribution is -2.34. The van der Waals surface area contributed by atoms with Crippen LogP contribution in [0, 0.1) is 0 Å². The van der Waals surface area contributed by atoms with Crippen molar-refractivity contribution in [3.63, 3.8) is 0 Å². The van der Waals surface area contributed by atoms with Gasteiger partial charge in [0.1, 0.15) is 0 Å². The van der Waals surface area contributed by atoms with Crippen LogP contribution in [-0.2, 0) is 21.5 Å². The lowest BCUT2D eigenvalue weighted by atomic mass is 10.4. The van der Waals surface area contributed by atoms with Crippen LogP contribution in [-0.4, -0.2) is 37.9 Å². The summed E-state index contributed by atoms with van der Waals surface area (Å²) in [6.07, 6.45) is 2.51. The molecule has 0 fully saturated rings. The molecule has 0 atom stereocenters. The molecule has 2 N–H and O–H groups in total. The predicted octanol–water partition coefficient (Wildman–Crippen LogP) is 0.742. The van der Waals surface area contributed by atoms with E-state index in [2.05, 4.69) is 4.72 Å². The Balaban J connectivity index is 2.63. The second-order valence-electron chi connectivity index (χ2n) is 3.58. The molecule has 0 spiro atoms. The number of nitrogens with zero attached hydrogens (tertiary/aromatic N) is 1. The molecule has 0 aliphatic heterocycles. The van der Waals surface area contributed by atoms with Crippen molar-refractivity contribution in [1.82, 2.24) is 9.03 Å². The second-order valence-corrected chi connectivity index (χ2v) is 6.75. The van der Waals surface area contributed by atoms with Crippen LogP contribution in [0.2, 0.25) is 0 Å². The second kappa shape index (κ2) is 6.10. The van der Waals surface area contributed by atoms with Crippen molar-refractivity contribution < 1.29 is 18.3 Å². The summed E-state index contributed by atoms with van der Waals surface area (Å²) in [6, 6.07) is 3.49. The number of hydrogen-bond donors (Lipinski definition) is 2. The van der Waals surface area contributed by atoms with Crippen LogP contribution >= 0.6 is 11.3 Å². The summed E-state index contributed by atoms with van der Waals surface area (Å²) in [6.45, 7) is 0.187. The Morgan fingerprint density at radius 3 is 2.72 bits per heavy atom. The Morgan fingerprint density at radius 1 is 1.50 bits per heavy atom. The smallest absolute Gasteiger partial charge is 0.328 e. The van der Waals surface area contributed by atoms with Gasteiger partial charge in [-0.15, -0.1) is 11.3 Å². The topological polar surface area (TPSA) is 86.7 Å². The molecular weight excluding hydrogens is 276 g/mol. The maximum Gasteiger partial charge on any atom is 0.328 e. The molecule has 0 aliphatic carbocycles. The van der Waals surface area contributed by atoms with Crippen LogP contribution < -0.4 is 4.72 Å². The van der Waals surface area contributed by atoms with Gasteiger partial charge in [0.15, 0.2) is 0 Å². The molecule has 0 aromatic carbocycles. The lowest BCUT2D eigenvalue weighted by Gasteiger charge is -2.11. The molecular formula is C10H14N2O4S2. The zero-order chi connectivity index (χ0) is 13.8. The predicted molar refractivity (Wildman–Crippen MR) is 70.4 cm³/mol. The van der Waals surface area contributed by atoms with E-state index >= 15 is 0 Å². The van der Waals surface area contributed by atoms with E-state index in [1.807, 2.05) is 0 Å². The third-order valence-electron chi connectivity index (χ3n) is 1.98. The van der Waals surface area contributed by atoms with Crippen LogP contribution in [0.1, 0.15) is 9.75 Å². The van der Waals surface area contributed by atoms with Gasteiger partial charge in [0, 0.05) is 36.5 Å². The highest BCUT2D eigenvalue weighted by molar-refractivity contribution is 7.87. The molecule has 0 amide bonds. The number of carboxylic acids is 1. The summed E-state index contributed by atoms with van der Waals surface area (Å²) < 4.78 is 26.4. The summed E-state index contributed by atoms with van der Waals surface area (Å²) in [5.74, 6) is -1.02. The molecule has 0 saturated carbocycles. The molecule has 100 valence electrons. The van der Waals surface area contributed by atoms with Crippen molar-refractivity contribution in [2.45, 2.75) is 6.54 Å². The van der Waals surface area contributed by atoms with Gasteiger partial charge in [0.05, 0.1) is 0 Å². The van der Waals surface area contributed by atoms with E-state index in [0.29, 0.717) is 0 Å². The monoisotopic (exact) mass is 290 g/mol. The van der Waals surface area contributed by atoms with Crippen molar-refractivity contribution >= 4 is 33.6 Å². The van der Waals surface area contributed by atoms with Gasteiger partial charge in [-0.3, -0.25) is 0 Å². The van der Waals surface area contributed by atoms with E-state index in [0.717, 1.165) is 20.1 Å². The molecule has 1 aromatic heterocycles. The average Bonchev–Trinajstić information content (AvgIpc) is 2.71. The van der Waals surface area contributed by atoms with E-state index in [-0.39, 0.29) is 6.54 Å². The summed E-state index contributed by atoms with van der Waals surface area (Å²) >= 11 is 1.33. The van der Waals surface area contributed by atoms with Crippen molar-refractivity contribution in [2.24, 2.45) is 0 Å². The van der Waals surface area contributed by atoms with Gasteiger partial charge in [-0.2, -0.15) is 17.4 Å². The van der Waals surface area contributed by atoms with Gasteiger partial charge < -0.3 is 5.11 Å². The van der Waals surface area contributed by atoms with Gasteiger partial charge in [-0.05, 0) is 18.2 Å². The Hall–Kier alpha value is -1.22. The first-order valence-corrected chi connectivity index (χ1v) is 7.24. The Bertz CT molecular complexity index is 546. The van der Waals surface area contributed by atoms with Crippen molar-refractivity contribution in [3.8, 4) is 0 Å². The Morgan fingerprint density at radius 2 is 2.17 bits per heavy atom. The highest BCUT2D eigenvalue weighted by Gasteiger charge is 2.12. The lowest BCUT2D eigenvalue weighted by molar-refractivity contribution is -0.131. The zero-order valence-corrected chi connectivity index (χ0v) is 11.6. The molecule has 1 heterocycles. The highest BCUT2D eigenvalue weighted by Crippen LogP contribution is 2.18. The minimum atomic E-state index is -3.43. The molecule has 0 aliphatic rings. The molecule has 0 saturated heterocycles. The Kier molecular flexibility index (Phi) is 5.03. The van der Waals surface area contributed by atoms with E-state index in [9.17, 15) is 13.2 Å². The van der Waals surface area contributed by atoms with E-state index in [1.54, 1.807) is 12.1 Å². The number of nitrogens with one attached hydrogen (secondary N) is 1. The number of hydrogen-bond acceptors (Lipinski definition) is 4. The molecule has 1 aromatic rings. The summed E-state index contributed by atoms with van der Waals surface area (Å²) in [5, 5.41) is 8.47. The minimum Gasteiger partial charge on any atom is -0.478 e. The maximum absolute atomic E-state index is 11.5. The quantitative estimate of drug-likeness (QED) is 0.757. The fourth-order valence-corrected chi connectivity index (χ4v) is 2.57. The van der Waals surface area contributed by atoms with Gasteiger partial charge in [0.25, 0.3) is 10.2 Å². The van der Waals surface area contributed by atoms with Crippen LogP contribution in [0.4, 0.5) is 0 Å². The van der Waals surface area contributed by atoms with Gasteiger partial charge >= 0.3 is 5.97 Å². The standard InChI is InChI=1S/C10H14N2O4S2/c1-12(2)18(15,16)11-7-9-4-3-8(17-9)5-6-10(13)14/h3-6,11H,7H2,1-2H3,(H,13,14). The molecule has 1 rings (SSSR count). The normalized spacial score (nSPS) is 12.4. The number of thiophene rings is 1. The van der Waals surface area contributed by atoms with E-state index in [4.69, 9.17) is 5.11 Å². The molecule has 0 bridgehead atoms. The molecule has 8 heteroatoms.